The Hall–Kier alpha value is -3.12. The number of amides is 1. The first-order valence-electron chi connectivity index (χ1n) is 12.8. The summed E-state index contributed by atoms with van der Waals surface area (Å²) in [4.78, 5) is 17.2. The lowest BCUT2D eigenvalue weighted by Crippen LogP contribution is -2.24. The van der Waals surface area contributed by atoms with Gasteiger partial charge in [0.25, 0.3) is 5.91 Å². The molecule has 3 aromatic carbocycles. The number of hydrogen-bond acceptors (Lipinski definition) is 3. The molecule has 0 saturated carbocycles. The van der Waals surface area contributed by atoms with Crippen molar-refractivity contribution in [2.45, 2.75) is 52.0 Å². The molecule has 5 nitrogen and oxygen atoms in total. The van der Waals surface area contributed by atoms with Crippen molar-refractivity contribution in [2.75, 3.05) is 13.2 Å². The van der Waals surface area contributed by atoms with E-state index >= 15 is 0 Å². The topological polar surface area (TPSA) is 56.1 Å². The Kier molecular flexibility index (Phi) is 9.56. The summed E-state index contributed by atoms with van der Waals surface area (Å²) in [7, 11) is 0. The predicted molar refractivity (Wildman–Crippen MR) is 150 cm³/mol. The minimum Gasteiger partial charge on any atom is -0.494 e. The second kappa shape index (κ2) is 13.3. The first-order chi connectivity index (χ1) is 17.6. The molecule has 0 bridgehead atoms. The number of imidazole rings is 1. The van der Waals surface area contributed by atoms with E-state index in [0.717, 1.165) is 73.2 Å². The number of fused-ring (bicyclic) bond motifs is 1. The van der Waals surface area contributed by atoms with Crippen LogP contribution < -0.4 is 10.1 Å². The van der Waals surface area contributed by atoms with Gasteiger partial charge >= 0.3 is 0 Å². The number of benzene rings is 3. The average molecular weight is 549 g/mol. The van der Waals surface area contributed by atoms with E-state index in [0.29, 0.717) is 12.1 Å². The van der Waals surface area contributed by atoms with Crippen molar-refractivity contribution < 1.29 is 9.53 Å². The Bertz CT molecular complexity index is 1270. The molecular formula is C30H34BrN3O2. The molecular weight excluding hydrogens is 514 g/mol. The predicted octanol–water partition coefficient (Wildman–Crippen LogP) is 7.11. The van der Waals surface area contributed by atoms with Gasteiger partial charge in [0.2, 0.25) is 0 Å². The molecule has 0 aliphatic carbocycles. The summed E-state index contributed by atoms with van der Waals surface area (Å²) in [5.74, 6) is 2.07. The number of carbonyl (C=O) groups is 1. The van der Waals surface area contributed by atoms with E-state index < -0.39 is 0 Å². The molecule has 1 heterocycles. The molecule has 0 aliphatic heterocycles. The van der Waals surface area contributed by atoms with Crippen LogP contribution in [-0.2, 0) is 13.0 Å². The van der Waals surface area contributed by atoms with Gasteiger partial charge in [-0.25, -0.2) is 4.98 Å². The van der Waals surface area contributed by atoms with Gasteiger partial charge in [-0.3, -0.25) is 4.79 Å². The number of hydrogen-bond donors (Lipinski definition) is 1. The van der Waals surface area contributed by atoms with Crippen LogP contribution >= 0.6 is 15.9 Å². The van der Waals surface area contributed by atoms with Gasteiger partial charge in [-0.05, 0) is 86.7 Å². The summed E-state index contributed by atoms with van der Waals surface area (Å²) < 4.78 is 9.26. The SMILES string of the molecule is Cc1cccc(OCCCCn2c(CCCCCNC(=O)c3ccc(Br)cc3)nc3ccccc32)c1. The van der Waals surface area contributed by atoms with Crippen LogP contribution in [0.25, 0.3) is 11.0 Å². The van der Waals surface area contributed by atoms with Gasteiger partial charge in [0.1, 0.15) is 11.6 Å². The maximum atomic E-state index is 12.2. The highest BCUT2D eigenvalue weighted by molar-refractivity contribution is 9.10. The molecule has 0 atom stereocenters. The summed E-state index contributed by atoms with van der Waals surface area (Å²) in [5.41, 5.74) is 4.17. The molecule has 1 aromatic heterocycles. The van der Waals surface area contributed by atoms with Crippen LogP contribution in [0.5, 0.6) is 5.75 Å². The third-order valence-electron chi connectivity index (χ3n) is 6.24. The summed E-state index contributed by atoms with van der Waals surface area (Å²) in [6.45, 7) is 4.43. The highest BCUT2D eigenvalue weighted by Gasteiger charge is 2.10. The normalized spacial score (nSPS) is 11.1. The minimum absolute atomic E-state index is 0.0179. The van der Waals surface area contributed by atoms with Crippen LogP contribution in [0.15, 0.2) is 77.3 Å². The van der Waals surface area contributed by atoms with E-state index in [-0.39, 0.29) is 5.91 Å². The standard InChI is InChI=1S/C30H34BrN3O2/c1-23-10-9-11-26(22-23)36-21-8-7-20-34-28-13-5-4-12-27(28)33-29(34)14-3-2-6-19-32-30(35)24-15-17-25(31)18-16-24/h4-5,9-13,15-18,22H,2-3,6-8,14,19-21H2,1H3,(H,32,35). The number of aromatic nitrogens is 2. The second-order valence-corrected chi connectivity index (χ2v) is 10.0. The quantitative estimate of drug-likeness (QED) is 0.181. The fourth-order valence-corrected chi connectivity index (χ4v) is 4.59. The number of unbranched alkanes of at least 4 members (excludes halogenated alkanes) is 3. The lowest BCUT2D eigenvalue weighted by molar-refractivity contribution is 0.0953. The van der Waals surface area contributed by atoms with E-state index in [1.54, 1.807) is 0 Å². The van der Waals surface area contributed by atoms with Crippen molar-refractivity contribution >= 4 is 32.9 Å². The highest BCUT2D eigenvalue weighted by Crippen LogP contribution is 2.19. The van der Waals surface area contributed by atoms with Gasteiger partial charge in [-0.15, -0.1) is 0 Å². The van der Waals surface area contributed by atoms with Crippen molar-refractivity contribution in [1.82, 2.24) is 14.9 Å². The molecule has 0 saturated heterocycles. The fraction of sp³-hybridized carbons (Fsp3) is 0.333. The lowest BCUT2D eigenvalue weighted by Gasteiger charge is -2.11. The van der Waals surface area contributed by atoms with E-state index in [1.807, 2.05) is 42.5 Å². The van der Waals surface area contributed by atoms with Crippen molar-refractivity contribution in [3.05, 3.63) is 94.2 Å². The molecule has 0 radical (unpaired) electrons. The van der Waals surface area contributed by atoms with Gasteiger partial charge in [-0.2, -0.15) is 0 Å². The highest BCUT2D eigenvalue weighted by atomic mass is 79.9. The summed E-state index contributed by atoms with van der Waals surface area (Å²) in [5, 5.41) is 3.02. The van der Waals surface area contributed by atoms with Crippen LogP contribution in [0.3, 0.4) is 0 Å². The summed E-state index contributed by atoms with van der Waals surface area (Å²) in [6, 6.07) is 24.0. The zero-order valence-corrected chi connectivity index (χ0v) is 22.5. The second-order valence-electron chi connectivity index (χ2n) is 9.11. The number of ether oxygens (including phenoxy) is 1. The van der Waals surface area contributed by atoms with Crippen molar-refractivity contribution in [2.24, 2.45) is 0 Å². The van der Waals surface area contributed by atoms with Crippen LogP contribution in [0, 0.1) is 6.92 Å². The first kappa shape index (κ1) is 26.0. The molecule has 36 heavy (non-hydrogen) atoms. The Morgan fingerprint density at radius 3 is 2.61 bits per heavy atom. The van der Waals surface area contributed by atoms with Crippen molar-refractivity contribution in [1.29, 1.82) is 0 Å². The number of para-hydroxylation sites is 2. The lowest BCUT2D eigenvalue weighted by atomic mass is 10.1. The molecule has 0 unspecified atom stereocenters. The third kappa shape index (κ3) is 7.44. The van der Waals surface area contributed by atoms with Gasteiger partial charge in [-0.1, -0.05) is 46.6 Å². The number of rotatable bonds is 13. The Morgan fingerprint density at radius 1 is 0.944 bits per heavy atom. The van der Waals surface area contributed by atoms with E-state index in [4.69, 9.17) is 9.72 Å². The summed E-state index contributed by atoms with van der Waals surface area (Å²) in [6.07, 6.45) is 6.04. The Morgan fingerprint density at radius 2 is 1.78 bits per heavy atom. The number of nitrogens with one attached hydrogen (secondary N) is 1. The minimum atomic E-state index is -0.0179. The van der Waals surface area contributed by atoms with E-state index in [2.05, 4.69) is 63.1 Å². The number of halogens is 1. The van der Waals surface area contributed by atoms with Crippen LogP contribution in [-0.4, -0.2) is 28.6 Å². The molecule has 4 aromatic rings. The van der Waals surface area contributed by atoms with Crippen LogP contribution in [0.4, 0.5) is 0 Å². The third-order valence-corrected chi connectivity index (χ3v) is 6.77. The maximum Gasteiger partial charge on any atom is 0.251 e. The number of nitrogens with zero attached hydrogens (tertiary/aromatic N) is 2. The average Bonchev–Trinajstić information content (AvgIpc) is 3.23. The van der Waals surface area contributed by atoms with Gasteiger partial charge < -0.3 is 14.6 Å². The molecule has 6 heteroatoms. The fourth-order valence-electron chi connectivity index (χ4n) is 4.32. The van der Waals surface area contributed by atoms with Gasteiger partial charge in [0.05, 0.1) is 17.6 Å². The Labute approximate surface area is 222 Å². The first-order valence-corrected chi connectivity index (χ1v) is 13.6. The van der Waals surface area contributed by atoms with E-state index in [1.165, 1.54) is 11.1 Å². The Balaban J connectivity index is 1.21. The molecule has 1 N–H and O–H groups in total. The van der Waals surface area contributed by atoms with Crippen molar-refractivity contribution in [3.63, 3.8) is 0 Å². The molecule has 1 amide bonds. The van der Waals surface area contributed by atoms with Gasteiger partial charge in [0.15, 0.2) is 0 Å². The summed E-state index contributed by atoms with van der Waals surface area (Å²) >= 11 is 3.40. The van der Waals surface area contributed by atoms with E-state index in [9.17, 15) is 4.79 Å². The van der Waals surface area contributed by atoms with Crippen LogP contribution in [0.2, 0.25) is 0 Å². The van der Waals surface area contributed by atoms with Crippen molar-refractivity contribution in [3.8, 4) is 5.75 Å². The molecule has 0 spiro atoms. The maximum absolute atomic E-state index is 12.2. The zero-order chi connectivity index (χ0) is 25.2. The smallest absolute Gasteiger partial charge is 0.251 e. The number of aryl methyl sites for hydroxylation is 3. The largest absolute Gasteiger partial charge is 0.494 e. The molecule has 0 fully saturated rings. The molecule has 0 aliphatic rings. The molecule has 4 rings (SSSR count). The number of carbonyl (C=O) groups excluding carboxylic acids is 1. The molecule has 188 valence electrons. The van der Waals surface area contributed by atoms with Crippen LogP contribution in [0.1, 0.15) is 53.8 Å². The van der Waals surface area contributed by atoms with Gasteiger partial charge in [0, 0.05) is 29.5 Å². The zero-order valence-electron chi connectivity index (χ0n) is 20.9. The monoisotopic (exact) mass is 547 g/mol.